The first-order valence-corrected chi connectivity index (χ1v) is 6.64. The number of carbonyl (C=O) groups excluding carboxylic acids is 1. The van der Waals surface area contributed by atoms with E-state index in [0.717, 1.165) is 36.1 Å². The van der Waals surface area contributed by atoms with E-state index in [1.807, 2.05) is 30.3 Å². The third-order valence-electron chi connectivity index (χ3n) is 3.66. The molecule has 1 fully saturated rings. The number of para-hydroxylation sites is 1. The minimum atomic E-state index is 0.305. The largest absolute Gasteiger partial charge is 0.496 e. The van der Waals surface area contributed by atoms with E-state index < -0.39 is 0 Å². The number of benzene rings is 1. The number of methoxy groups -OCH3 is 1. The molecule has 2 rings (SSSR count). The van der Waals surface area contributed by atoms with Gasteiger partial charge in [0.25, 0.3) is 0 Å². The van der Waals surface area contributed by atoms with Crippen molar-refractivity contribution in [1.82, 2.24) is 0 Å². The zero-order valence-corrected chi connectivity index (χ0v) is 11.1. The Morgan fingerprint density at radius 2 is 2.17 bits per heavy atom. The molecule has 1 aromatic carbocycles. The van der Waals surface area contributed by atoms with Gasteiger partial charge in [-0.1, -0.05) is 25.1 Å². The Kier molecular flexibility index (Phi) is 4.19. The van der Waals surface area contributed by atoms with Gasteiger partial charge in [-0.2, -0.15) is 0 Å². The molecule has 0 radical (unpaired) electrons. The van der Waals surface area contributed by atoms with Crippen LogP contribution in [0.15, 0.2) is 29.8 Å². The topological polar surface area (TPSA) is 26.3 Å². The summed E-state index contributed by atoms with van der Waals surface area (Å²) in [6.07, 6.45) is 5.91. The lowest BCUT2D eigenvalue weighted by atomic mass is 9.81. The molecule has 96 valence electrons. The van der Waals surface area contributed by atoms with Crippen LogP contribution < -0.4 is 4.74 Å². The standard InChI is InChI=1S/C16H20O2/c1-3-12-8-6-9-15(17)14(12)11-13-7-4-5-10-16(13)18-2/h4-5,7,10-12H,3,6,8-9H2,1-2H3/b14-11-. The van der Waals surface area contributed by atoms with Gasteiger partial charge in [0.05, 0.1) is 7.11 Å². The molecule has 2 nitrogen and oxygen atoms in total. The van der Waals surface area contributed by atoms with E-state index in [0.29, 0.717) is 18.1 Å². The van der Waals surface area contributed by atoms with Crippen molar-refractivity contribution in [2.45, 2.75) is 32.6 Å². The Bertz CT molecular complexity index is 460. The molecule has 1 aliphatic carbocycles. The smallest absolute Gasteiger partial charge is 0.159 e. The zero-order valence-electron chi connectivity index (χ0n) is 11.1. The predicted octanol–water partition coefficient (Wildman–Crippen LogP) is 3.86. The second kappa shape index (κ2) is 5.85. The number of ether oxygens (including phenoxy) is 1. The first kappa shape index (κ1) is 12.9. The average Bonchev–Trinajstić information content (AvgIpc) is 2.41. The van der Waals surface area contributed by atoms with E-state index in [1.54, 1.807) is 7.11 Å². The molecule has 0 spiro atoms. The highest BCUT2D eigenvalue weighted by Gasteiger charge is 2.24. The molecule has 0 N–H and O–H groups in total. The van der Waals surface area contributed by atoms with Crippen LogP contribution in [0.4, 0.5) is 0 Å². The molecular weight excluding hydrogens is 224 g/mol. The average molecular weight is 244 g/mol. The summed E-state index contributed by atoms with van der Waals surface area (Å²) in [6.45, 7) is 2.15. The fourth-order valence-corrected chi connectivity index (χ4v) is 2.61. The Hall–Kier alpha value is -1.57. The lowest BCUT2D eigenvalue weighted by molar-refractivity contribution is -0.117. The third-order valence-corrected chi connectivity index (χ3v) is 3.66. The van der Waals surface area contributed by atoms with Crippen LogP contribution in [-0.2, 0) is 4.79 Å². The van der Waals surface area contributed by atoms with Crippen LogP contribution in [0.3, 0.4) is 0 Å². The lowest BCUT2D eigenvalue weighted by Gasteiger charge is -2.23. The van der Waals surface area contributed by atoms with Crippen molar-refractivity contribution in [1.29, 1.82) is 0 Å². The van der Waals surface area contributed by atoms with Crippen LogP contribution in [0.2, 0.25) is 0 Å². The van der Waals surface area contributed by atoms with Gasteiger partial charge in [-0.25, -0.2) is 0 Å². The highest BCUT2D eigenvalue weighted by atomic mass is 16.5. The summed E-state index contributed by atoms with van der Waals surface area (Å²) in [7, 11) is 1.66. The van der Waals surface area contributed by atoms with Crippen molar-refractivity contribution in [3.05, 3.63) is 35.4 Å². The normalized spacial score (nSPS) is 22.2. The number of ketones is 1. The molecule has 1 saturated carbocycles. The van der Waals surface area contributed by atoms with E-state index in [4.69, 9.17) is 4.74 Å². The van der Waals surface area contributed by atoms with Gasteiger partial charge in [0.1, 0.15) is 5.75 Å². The van der Waals surface area contributed by atoms with Crippen molar-refractivity contribution in [2.75, 3.05) is 7.11 Å². The van der Waals surface area contributed by atoms with Crippen LogP contribution in [-0.4, -0.2) is 12.9 Å². The second-order valence-electron chi connectivity index (χ2n) is 4.76. The molecule has 0 bridgehead atoms. The Balaban J connectivity index is 2.37. The SMILES string of the molecule is CCC1CCCC(=O)/C1=C\c1ccccc1OC. The van der Waals surface area contributed by atoms with Crippen LogP contribution in [0.25, 0.3) is 6.08 Å². The molecule has 1 unspecified atom stereocenters. The first-order chi connectivity index (χ1) is 8.76. The highest BCUT2D eigenvalue weighted by Crippen LogP contribution is 2.32. The van der Waals surface area contributed by atoms with Crippen LogP contribution >= 0.6 is 0 Å². The van der Waals surface area contributed by atoms with Gasteiger partial charge in [0.2, 0.25) is 0 Å². The highest BCUT2D eigenvalue weighted by molar-refractivity contribution is 6.00. The van der Waals surface area contributed by atoms with E-state index in [2.05, 4.69) is 6.92 Å². The fraction of sp³-hybridized carbons (Fsp3) is 0.438. The van der Waals surface area contributed by atoms with E-state index in [9.17, 15) is 4.79 Å². The summed E-state index contributed by atoms with van der Waals surface area (Å²) < 4.78 is 5.34. The van der Waals surface area contributed by atoms with Crippen molar-refractivity contribution >= 4 is 11.9 Å². The maximum Gasteiger partial charge on any atom is 0.159 e. The summed E-state index contributed by atoms with van der Waals surface area (Å²) in [4.78, 5) is 12.1. The number of Topliss-reactive ketones (excluding diaryl/α,β-unsaturated/α-hetero) is 1. The van der Waals surface area contributed by atoms with Crippen molar-refractivity contribution in [3.8, 4) is 5.75 Å². The Morgan fingerprint density at radius 3 is 2.89 bits per heavy atom. The zero-order chi connectivity index (χ0) is 13.0. The molecular formula is C16H20O2. The minimum absolute atomic E-state index is 0.305. The molecule has 0 heterocycles. The van der Waals surface area contributed by atoms with Crippen molar-refractivity contribution in [3.63, 3.8) is 0 Å². The number of carbonyl (C=O) groups is 1. The van der Waals surface area contributed by atoms with Crippen molar-refractivity contribution < 1.29 is 9.53 Å². The van der Waals surface area contributed by atoms with Crippen molar-refractivity contribution in [2.24, 2.45) is 5.92 Å². The Morgan fingerprint density at radius 1 is 1.39 bits per heavy atom. The number of rotatable bonds is 3. The van der Waals surface area contributed by atoms with Gasteiger partial charge in [0.15, 0.2) is 5.78 Å². The van der Waals surface area contributed by atoms with Gasteiger partial charge >= 0.3 is 0 Å². The maximum absolute atomic E-state index is 12.1. The van der Waals surface area contributed by atoms with Gasteiger partial charge in [0, 0.05) is 12.0 Å². The Labute approximate surface area is 109 Å². The number of allylic oxidation sites excluding steroid dienone is 1. The number of hydrogen-bond acceptors (Lipinski definition) is 2. The molecule has 0 aliphatic heterocycles. The van der Waals surface area contributed by atoms with Gasteiger partial charge in [-0.15, -0.1) is 0 Å². The second-order valence-corrected chi connectivity index (χ2v) is 4.76. The quantitative estimate of drug-likeness (QED) is 0.755. The molecule has 2 heteroatoms. The van der Waals surface area contributed by atoms with Gasteiger partial charge in [-0.3, -0.25) is 4.79 Å². The van der Waals surface area contributed by atoms with E-state index >= 15 is 0 Å². The molecule has 18 heavy (non-hydrogen) atoms. The summed E-state index contributed by atoms with van der Waals surface area (Å²) in [5.74, 6) is 1.55. The summed E-state index contributed by atoms with van der Waals surface area (Å²) in [5.41, 5.74) is 1.98. The lowest BCUT2D eigenvalue weighted by Crippen LogP contribution is -2.18. The summed E-state index contributed by atoms with van der Waals surface area (Å²) in [6, 6.07) is 7.85. The van der Waals surface area contributed by atoms with Gasteiger partial charge < -0.3 is 4.74 Å². The minimum Gasteiger partial charge on any atom is -0.496 e. The molecule has 0 saturated heterocycles. The van der Waals surface area contributed by atoms with E-state index in [1.165, 1.54) is 0 Å². The molecule has 0 amide bonds. The first-order valence-electron chi connectivity index (χ1n) is 6.64. The van der Waals surface area contributed by atoms with Crippen LogP contribution in [0.5, 0.6) is 5.75 Å². The maximum atomic E-state index is 12.1. The van der Waals surface area contributed by atoms with E-state index in [-0.39, 0.29) is 0 Å². The third kappa shape index (κ3) is 2.63. The molecule has 1 atom stereocenters. The predicted molar refractivity (Wildman–Crippen MR) is 73.6 cm³/mol. The molecule has 0 aromatic heterocycles. The van der Waals surface area contributed by atoms with Gasteiger partial charge in [-0.05, 0) is 42.9 Å². The van der Waals surface area contributed by atoms with Crippen LogP contribution in [0, 0.1) is 5.92 Å². The van der Waals surface area contributed by atoms with Crippen LogP contribution in [0.1, 0.15) is 38.2 Å². The summed E-state index contributed by atoms with van der Waals surface area (Å²) in [5, 5.41) is 0. The molecule has 1 aliphatic rings. The number of hydrogen-bond donors (Lipinski definition) is 0. The summed E-state index contributed by atoms with van der Waals surface area (Å²) >= 11 is 0. The fourth-order valence-electron chi connectivity index (χ4n) is 2.61. The monoisotopic (exact) mass is 244 g/mol. The molecule has 1 aromatic rings.